The Labute approximate surface area is 64.0 Å². The van der Waals surface area contributed by atoms with Crippen molar-refractivity contribution < 1.29 is 0 Å². The van der Waals surface area contributed by atoms with E-state index in [0.29, 0.717) is 0 Å². The summed E-state index contributed by atoms with van der Waals surface area (Å²) in [5.41, 5.74) is 2.36. The predicted octanol–water partition coefficient (Wildman–Crippen LogP) is 2.77. The molecule has 0 atom stereocenters. The van der Waals surface area contributed by atoms with Crippen LogP contribution < -0.4 is 0 Å². The van der Waals surface area contributed by atoms with Gasteiger partial charge in [-0.1, -0.05) is 19.6 Å². The van der Waals surface area contributed by atoms with Crippen molar-refractivity contribution in [3.8, 4) is 0 Å². The fraction of sp³-hybridized carbons (Fsp3) is 0.556. The maximum atomic E-state index is 3.84. The van der Waals surface area contributed by atoms with E-state index in [-0.39, 0.29) is 0 Å². The number of hydrogen-bond donors (Lipinski definition) is 0. The summed E-state index contributed by atoms with van der Waals surface area (Å²) in [6.07, 6.45) is 3.28. The number of allylic oxidation sites excluding steroid dienone is 3. The molecule has 0 aliphatic heterocycles. The molecule has 1 heteroatoms. The molecule has 1 nitrogen and oxygen atoms in total. The molecular formula is C9H17N. The summed E-state index contributed by atoms with van der Waals surface area (Å²) in [6, 6.07) is 0. The molecule has 0 rings (SSSR count). The van der Waals surface area contributed by atoms with E-state index < -0.39 is 0 Å². The number of rotatable bonds is 3. The largest absolute Gasteiger partial charge is 0.353 e. The summed E-state index contributed by atoms with van der Waals surface area (Å²) < 4.78 is 0. The average Bonchev–Trinajstić information content (AvgIpc) is 1.87. The van der Waals surface area contributed by atoms with Crippen LogP contribution in [0.5, 0.6) is 0 Å². The Morgan fingerprint density at radius 2 is 2.00 bits per heavy atom. The van der Waals surface area contributed by atoms with Gasteiger partial charge in [-0.2, -0.15) is 0 Å². The van der Waals surface area contributed by atoms with Crippen molar-refractivity contribution in [2.45, 2.75) is 27.2 Å². The van der Waals surface area contributed by atoms with Crippen molar-refractivity contribution in [1.29, 1.82) is 0 Å². The van der Waals surface area contributed by atoms with E-state index in [4.69, 9.17) is 0 Å². The molecule has 10 heavy (non-hydrogen) atoms. The molecule has 0 N–H and O–H groups in total. The van der Waals surface area contributed by atoms with Gasteiger partial charge in [0.15, 0.2) is 0 Å². The summed E-state index contributed by atoms with van der Waals surface area (Å²) in [5, 5.41) is 0. The van der Waals surface area contributed by atoms with Gasteiger partial charge in [-0.15, -0.1) is 0 Å². The van der Waals surface area contributed by atoms with Gasteiger partial charge < -0.3 is 4.90 Å². The molecule has 0 aromatic rings. The maximum Gasteiger partial charge on any atom is 0.0111 e. The van der Waals surface area contributed by atoms with E-state index in [1.165, 1.54) is 5.70 Å². The summed E-state index contributed by atoms with van der Waals surface area (Å²) >= 11 is 0. The first kappa shape index (κ1) is 9.28. The summed E-state index contributed by atoms with van der Waals surface area (Å²) in [5.74, 6) is 0. The molecule has 0 amide bonds. The van der Waals surface area contributed by atoms with Crippen molar-refractivity contribution in [1.82, 2.24) is 4.90 Å². The molecule has 0 aromatic carbocycles. The van der Waals surface area contributed by atoms with Crippen LogP contribution >= 0.6 is 0 Å². The van der Waals surface area contributed by atoms with Crippen LogP contribution in [-0.2, 0) is 0 Å². The highest BCUT2D eigenvalue weighted by Gasteiger charge is 1.95. The minimum absolute atomic E-state index is 1.09. The molecule has 0 aliphatic carbocycles. The summed E-state index contributed by atoms with van der Waals surface area (Å²) in [7, 11) is 2.03. The maximum absolute atomic E-state index is 3.84. The highest BCUT2D eigenvalue weighted by atomic mass is 15.1. The third-order valence-corrected chi connectivity index (χ3v) is 1.60. The number of nitrogens with zero attached hydrogens (tertiary/aromatic N) is 1. The van der Waals surface area contributed by atoms with Gasteiger partial charge in [0, 0.05) is 18.4 Å². The molecule has 0 bridgehead atoms. The minimum Gasteiger partial charge on any atom is -0.353 e. The Balaban J connectivity index is 4.06. The zero-order chi connectivity index (χ0) is 8.15. The van der Waals surface area contributed by atoms with Crippen LogP contribution in [-0.4, -0.2) is 11.9 Å². The van der Waals surface area contributed by atoms with Crippen LogP contribution in [0.25, 0.3) is 0 Å². The van der Waals surface area contributed by atoms with Gasteiger partial charge in [-0.3, -0.25) is 0 Å². The molecule has 0 heterocycles. The smallest absolute Gasteiger partial charge is 0.0111 e. The summed E-state index contributed by atoms with van der Waals surface area (Å²) in [6.45, 7) is 10.1. The molecule has 0 aromatic heterocycles. The first-order valence-corrected chi connectivity index (χ1v) is 3.65. The molecule has 0 saturated carbocycles. The Morgan fingerprint density at radius 1 is 1.50 bits per heavy atom. The van der Waals surface area contributed by atoms with Gasteiger partial charge in [-0.05, 0) is 20.3 Å². The second kappa shape index (κ2) is 4.15. The highest BCUT2D eigenvalue weighted by Crippen LogP contribution is 2.06. The first-order valence-electron chi connectivity index (χ1n) is 3.65. The van der Waals surface area contributed by atoms with Crippen LogP contribution in [0.3, 0.4) is 0 Å². The predicted molar refractivity (Wildman–Crippen MR) is 46.6 cm³/mol. The van der Waals surface area contributed by atoms with Gasteiger partial charge in [0.1, 0.15) is 0 Å². The van der Waals surface area contributed by atoms with Crippen molar-refractivity contribution in [3.63, 3.8) is 0 Å². The molecule has 0 radical (unpaired) electrons. The zero-order valence-electron chi connectivity index (χ0n) is 7.44. The van der Waals surface area contributed by atoms with Gasteiger partial charge in [0.25, 0.3) is 0 Å². The molecule has 0 aliphatic rings. The molecule has 0 spiro atoms. The van der Waals surface area contributed by atoms with E-state index >= 15 is 0 Å². The zero-order valence-corrected chi connectivity index (χ0v) is 7.44. The standard InChI is InChI=1S/C9H17N/c1-6-7-9(4)10(5)8(2)3/h7H,2,6H2,1,3-5H3. The van der Waals surface area contributed by atoms with Crippen molar-refractivity contribution in [2.75, 3.05) is 7.05 Å². The summed E-state index contributed by atoms with van der Waals surface area (Å²) in [4.78, 5) is 2.09. The van der Waals surface area contributed by atoms with Crippen LogP contribution in [0.4, 0.5) is 0 Å². The molecule has 0 unspecified atom stereocenters. The molecular weight excluding hydrogens is 122 g/mol. The average molecular weight is 139 g/mol. The Kier molecular flexibility index (Phi) is 3.85. The van der Waals surface area contributed by atoms with E-state index in [0.717, 1.165) is 12.1 Å². The van der Waals surface area contributed by atoms with Gasteiger partial charge in [0.05, 0.1) is 0 Å². The lowest BCUT2D eigenvalue weighted by molar-refractivity contribution is 0.521. The molecule has 0 saturated heterocycles. The topological polar surface area (TPSA) is 3.24 Å². The second-order valence-corrected chi connectivity index (χ2v) is 2.55. The van der Waals surface area contributed by atoms with E-state index in [2.05, 4.69) is 31.4 Å². The second-order valence-electron chi connectivity index (χ2n) is 2.55. The van der Waals surface area contributed by atoms with Crippen molar-refractivity contribution in [3.05, 3.63) is 24.0 Å². The first-order chi connectivity index (χ1) is 4.59. The number of hydrogen-bond acceptors (Lipinski definition) is 1. The van der Waals surface area contributed by atoms with Gasteiger partial charge in [0.2, 0.25) is 0 Å². The Bertz CT molecular complexity index is 145. The van der Waals surface area contributed by atoms with Crippen LogP contribution in [0.1, 0.15) is 27.2 Å². The van der Waals surface area contributed by atoms with Crippen molar-refractivity contribution >= 4 is 0 Å². The monoisotopic (exact) mass is 139 g/mol. The fourth-order valence-corrected chi connectivity index (χ4v) is 0.733. The van der Waals surface area contributed by atoms with Crippen molar-refractivity contribution in [2.24, 2.45) is 0 Å². The van der Waals surface area contributed by atoms with Crippen LogP contribution in [0.15, 0.2) is 24.0 Å². The van der Waals surface area contributed by atoms with Gasteiger partial charge >= 0.3 is 0 Å². The lowest BCUT2D eigenvalue weighted by Gasteiger charge is -2.19. The van der Waals surface area contributed by atoms with Gasteiger partial charge in [-0.25, -0.2) is 0 Å². The lowest BCUT2D eigenvalue weighted by Crippen LogP contribution is -2.11. The quantitative estimate of drug-likeness (QED) is 0.581. The SMILES string of the molecule is C=C(C)N(C)C(C)=CCC. The third-order valence-electron chi connectivity index (χ3n) is 1.60. The minimum atomic E-state index is 1.09. The Morgan fingerprint density at radius 3 is 2.30 bits per heavy atom. The van der Waals surface area contributed by atoms with Crippen LogP contribution in [0.2, 0.25) is 0 Å². The third kappa shape index (κ3) is 2.72. The normalized spacial score (nSPS) is 11.4. The van der Waals surface area contributed by atoms with Crippen LogP contribution in [0, 0.1) is 0 Å². The fourth-order valence-electron chi connectivity index (χ4n) is 0.733. The Hall–Kier alpha value is -0.720. The highest BCUT2D eigenvalue weighted by molar-refractivity contribution is 5.04. The van der Waals surface area contributed by atoms with E-state index in [9.17, 15) is 0 Å². The molecule has 0 fully saturated rings. The van der Waals surface area contributed by atoms with E-state index in [1.54, 1.807) is 0 Å². The lowest BCUT2D eigenvalue weighted by atomic mass is 10.3. The molecule has 58 valence electrons. The van der Waals surface area contributed by atoms with E-state index in [1.807, 2.05) is 14.0 Å².